The number of fused-ring (bicyclic) bond motifs is 1. The number of anilines is 1. The van der Waals surface area contributed by atoms with Crippen LogP contribution in [0, 0.1) is 0 Å². The van der Waals surface area contributed by atoms with Crippen molar-refractivity contribution >= 4 is 17.3 Å². The Morgan fingerprint density at radius 1 is 1.25 bits per heavy atom. The van der Waals surface area contributed by atoms with Crippen molar-refractivity contribution in [1.29, 1.82) is 0 Å². The van der Waals surface area contributed by atoms with E-state index in [1.165, 1.54) is 11.5 Å². The second-order valence-corrected chi connectivity index (χ2v) is 6.94. The highest BCUT2D eigenvalue weighted by atomic mass is 19.4. The number of pyridine rings is 1. The van der Waals surface area contributed by atoms with Crippen LogP contribution in [0.1, 0.15) is 6.42 Å². The van der Waals surface area contributed by atoms with Crippen LogP contribution in [-0.4, -0.2) is 52.9 Å². The van der Waals surface area contributed by atoms with Crippen molar-refractivity contribution in [2.24, 2.45) is 0 Å². The minimum absolute atomic E-state index is 0.136. The van der Waals surface area contributed by atoms with Gasteiger partial charge >= 0.3 is 12.1 Å². The lowest BCUT2D eigenvalue weighted by Gasteiger charge is -2.14. The first-order valence-corrected chi connectivity index (χ1v) is 9.64. The third-order valence-electron chi connectivity index (χ3n) is 4.74. The summed E-state index contributed by atoms with van der Waals surface area (Å²) in [5, 5.41) is 14.0. The molecule has 170 valence electrons. The van der Waals surface area contributed by atoms with Crippen LogP contribution in [0.25, 0.3) is 16.8 Å². The molecular formula is C21H21F3N4O4. The number of nitrogens with zero attached hydrogens (tertiary/aromatic N) is 2. The Kier molecular flexibility index (Phi) is 6.98. The monoisotopic (exact) mass is 450 g/mol. The Balaban J connectivity index is 0.000000360. The predicted molar refractivity (Wildman–Crippen MR) is 112 cm³/mol. The van der Waals surface area contributed by atoms with Gasteiger partial charge in [0.2, 0.25) is 5.88 Å². The molecule has 0 amide bonds. The SMILES string of the molecule is COc1nc2ccccn2c(=O)c1-c1ccc(NC2CCNC2)cc1.O=C(O)C(F)(F)F. The average Bonchev–Trinajstić information content (AvgIpc) is 3.27. The van der Waals surface area contributed by atoms with Crippen LogP contribution < -0.4 is 20.9 Å². The first-order chi connectivity index (χ1) is 15.2. The van der Waals surface area contributed by atoms with Crippen molar-refractivity contribution in [1.82, 2.24) is 14.7 Å². The summed E-state index contributed by atoms with van der Waals surface area (Å²) in [7, 11) is 1.54. The number of rotatable bonds is 4. The number of halogens is 3. The molecule has 1 saturated heterocycles. The van der Waals surface area contributed by atoms with E-state index in [1.807, 2.05) is 36.4 Å². The van der Waals surface area contributed by atoms with Gasteiger partial charge < -0.3 is 20.5 Å². The summed E-state index contributed by atoms with van der Waals surface area (Å²) in [6, 6.07) is 13.7. The zero-order valence-corrected chi connectivity index (χ0v) is 17.0. The Labute approximate surface area is 180 Å². The number of hydrogen-bond acceptors (Lipinski definition) is 6. The number of ether oxygens (including phenoxy) is 1. The van der Waals surface area contributed by atoms with E-state index in [-0.39, 0.29) is 5.56 Å². The Hall–Kier alpha value is -3.60. The normalized spacial score (nSPS) is 15.7. The summed E-state index contributed by atoms with van der Waals surface area (Å²) >= 11 is 0. The maximum Gasteiger partial charge on any atom is 0.490 e. The minimum Gasteiger partial charge on any atom is -0.480 e. The number of aromatic nitrogens is 2. The maximum atomic E-state index is 12.9. The molecule has 4 rings (SSSR count). The van der Waals surface area contributed by atoms with Crippen LogP contribution in [0.4, 0.5) is 18.9 Å². The molecule has 0 spiro atoms. The Bertz CT molecular complexity index is 1140. The Morgan fingerprint density at radius 2 is 1.94 bits per heavy atom. The minimum atomic E-state index is -5.08. The van der Waals surface area contributed by atoms with Crippen LogP contribution in [0.5, 0.6) is 5.88 Å². The third-order valence-corrected chi connectivity index (χ3v) is 4.74. The fourth-order valence-electron chi connectivity index (χ4n) is 3.21. The van der Waals surface area contributed by atoms with Gasteiger partial charge in [-0.3, -0.25) is 9.20 Å². The first kappa shape index (κ1) is 23.1. The van der Waals surface area contributed by atoms with Gasteiger partial charge in [0.15, 0.2) is 0 Å². The lowest BCUT2D eigenvalue weighted by Crippen LogP contribution is -2.22. The number of benzene rings is 1. The largest absolute Gasteiger partial charge is 0.490 e. The molecule has 1 atom stereocenters. The van der Waals surface area contributed by atoms with E-state index in [0.29, 0.717) is 23.1 Å². The number of carboxylic acid groups (broad SMARTS) is 1. The molecule has 2 aromatic heterocycles. The maximum absolute atomic E-state index is 12.9. The zero-order valence-electron chi connectivity index (χ0n) is 17.0. The number of alkyl halides is 3. The molecule has 0 bridgehead atoms. The summed E-state index contributed by atoms with van der Waals surface area (Å²) < 4.78 is 38.7. The van der Waals surface area contributed by atoms with E-state index in [2.05, 4.69) is 15.6 Å². The number of hydrogen-bond donors (Lipinski definition) is 3. The molecule has 1 aromatic carbocycles. The van der Waals surface area contributed by atoms with Crippen LogP contribution >= 0.6 is 0 Å². The van der Waals surface area contributed by atoms with Gasteiger partial charge in [0.05, 0.1) is 7.11 Å². The van der Waals surface area contributed by atoms with Crippen molar-refractivity contribution in [3.63, 3.8) is 0 Å². The van der Waals surface area contributed by atoms with Crippen molar-refractivity contribution in [2.45, 2.75) is 18.6 Å². The molecule has 1 fully saturated rings. The highest BCUT2D eigenvalue weighted by Crippen LogP contribution is 2.26. The summed E-state index contributed by atoms with van der Waals surface area (Å²) in [5.74, 6) is -2.41. The molecule has 11 heteroatoms. The molecule has 3 N–H and O–H groups in total. The van der Waals surface area contributed by atoms with E-state index in [4.69, 9.17) is 14.6 Å². The molecule has 1 unspecified atom stereocenters. The first-order valence-electron chi connectivity index (χ1n) is 9.64. The molecule has 3 aromatic rings. The highest BCUT2D eigenvalue weighted by Gasteiger charge is 2.38. The van der Waals surface area contributed by atoms with Crippen molar-refractivity contribution in [3.8, 4) is 17.0 Å². The third kappa shape index (κ3) is 5.35. The van der Waals surface area contributed by atoms with E-state index in [0.717, 1.165) is 30.8 Å². The van der Waals surface area contributed by atoms with Gasteiger partial charge in [0.25, 0.3) is 5.56 Å². The topological polar surface area (TPSA) is 105 Å². The van der Waals surface area contributed by atoms with Crippen LogP contribution in [0.3, 0.4) is 0 Å². The fourth-order valence-corrected chi connectivity index (χ4v) is 3.21. The molecule has 32 heavy (non-hydrogen) atoms. The van der Waals surface area contributed by atoms with Crippen LogP contribution in [0.15, 0.2) is 53.5 Å². The van der Waals surface area contributed by atoms with Gasteiger partial charge in [0.1, 0.15) is 11.2 Å². The second kappa shape index (κ2) is 9.69. The summed E-state index contributed by atoms with van der Waals surface area (Å²) in [6.45, 7) is 2.03. The molecule has 1 aliphatic heterocycles. The van der Waals surface area contributed by atoms with Crippen molar-refractivity contribution in [3.05, 3.63) is 59.0 Å². The number of aliphatic carboxylic acids is 1. The number of methoxy groups -OCH3 is 1. The summed E-state index contributed by atoms with van der Waals surface area (Å²) in [5.41, 5.74) is 2.75. The van der Waals surface area contributed by atoms with E-state index < -0.39 is 12.1 Å². The lowest BCUT2D eigenvalue weighted by atomic mass is 10.1. The van der Waals surface area contributed by atoms with E-state index in [1.54, 1.807) is 12.3 Å². The van der Waals surface area contributed by atoms with Gasteiger partial charge in [-0.15, -0.1) is 0 Å². The lowest BCUT2D eigenvalue weighted by molar-refractivity contribution is -0.192. The molecule has 1 aliphatic rings. The quantitative estimate of drug-likeness (QED) is 0.562. The van der Waals surface area contributed by atoms with E-state index >= 15 is 0 Å². The average molecular weight is 450 g/mol. The standard InChI is InChI=1S/C19H20N4O2.C2HF3O2/c1-25-18-17(19(24)23-11-3-2-4-16(23)22-18)13-5-7-14(8-6-13)21-15-9-10-20-12-15;3-2(4,5)1(6)7/h2-8,11,15,20-21H,9-10,12H2,1H3;(H,6,7). The molecule has 0 aliphatic carbocycles. The van der Waals surface area contributed by atoms with E-state index in [9.17, 15) is 18.0 Å². The van der Waals surface area contributed by atoms with Gasteiger partial charge in [-0.1, -0.05) is 18.2 Å². The van der Waals surface area contributed by atoms with Gasteiger partial charge in [0, 0.05) is 24.5 Å². The second-order valence-electron chi connectivity index (χ2n) is 6.94. The summed E-state index contributed by atoms with van der Waals surface area (Å²) in [6.07, 6.45) is -2.25. The molecule has 8 nitrogen and oxygen atoms in total. The zero-order chi connectivity index (χ0) is 23.3. The smallest absolute Gasteiger partial charge is 0.480 e. The molecule has 3 heterocycles. The number of nitrogens with one attached hydrogen (secondary N) is 2. The van der Waals surface area contributed by atoms with Gasteiger partial charge in [-0.05, 0) is 42.8 Å². The fraction of sp³-hybridized carbons (Fsp3) is 0.286. The highest BCUT2D eigenvalue weighted by molar-refractivity contribution is 5.73. The summed E-state index contributed by atoms with van der Waals surface area (Å²) in [4.78, 5) is 26.2. The van der Waals surface area contributed by atoms with Crippen LogP contribution in [0.2, 0.25) is 0 Å². The molecular weight excluding hydrogens is 429 g/mol. The van der Waals surface area contributed by atoms with Crippen molar-refractivity contribution in [2.75, 3.05) is 25.5 Å². The number of carbonyl (C=O) groups is 1. The van der Waals surface area contributed by atoms with Gasteiger partial charge in [-0.25, -0.2) is 4.79 Å². The predicted octanol–water partition coefficient (Wildman–Crippen LogP) is 2.78. The number of carboxylic acids is 1. The molecule has 0 saturated carbocycles. The molecule has 0 radical (unpaired) electrons. The van der Waals surface area contributed by atoms with Gasteiger partial charge in [-0.2, -0.15) is 18.2 Å². The van der Waals surface area contributed by atoms with Crippen molar-refractivity contribution < 1.29 is 27.8 Å². The Morgan fingerprint density at radius 3 is 2.50 bits per heavy atom. The van der Waals surface area contributed by atoms with Crippen LogP contribution in [-0.2, 0) is 4.79 Å².